The lowest BCUT2D eigenvalue weighted by Crippen LogP contribution is -2.64. The van der Waals surface area contributed by atoms with Crippen molar-refractivity contribution in [2.24, 2.45) is 22.4 Å². The average Bonchev–Trinajstić information content (AvgIpc) is 2.01. The molecule has 0 spiro atoms. The zero-order chi connectivity index (χ0) is 9.85. The molecule has 2 N–H and O–H groups in total. The molecule has 0 saturated heterocycles. The maximum atomic E-state index is 10.2. The van der Waals surface area contributed by atoms with Crippen LogP contribution in [0.2, 0.25) is 0 Å². The molecule has 0 aliphatic heterocycles. The Hall–Kier alpha value is -0.570. The molecule has 0 aromatic rings. The molecular formula is C10H17NO2. The Bertz CT molecular complexity index is 268. The van der Waals surface area contributed by atoms with E-state index in [4.69, 9.17) is 5.21 Å². The third-order valence-corrected chi connectivity index (χ3v) is 4.29. The van der Waals surface area contributed by atoms with Crippen LogP contribution < -0.4 is 0 Å². The molecule has 3 aliphatic rings. The van der Waals surface area contributed by atoms with Gasteiger partial charge in [0.25, 0.3) is 0 Å². The van der Waals surface area contributed by atoms with E-state index in [0.29, 0.717) is 11.6 Å². The fourth-order valence-electron chi connectivity index (χ4n) is 3.10. The van der Waals surface area contributed by atoms with E-state index in [0.717, 1.165) is 12.8 Å². The summed E-state index contributed by atoms with van der Waals surface area (Å²) in [7, 11) is 0. The first kappa shape index (κ1) is 9.00. The Morgan fingerprint density at radius 1 is 1.38 bits per heavy atom. The highest BCUT2D eigenvalue weighted by atomic mass is 16.4. The maximum Gasteiger partial charge on any atom is 0.106 e. The van der Waals surface area contributed by atoms with Gasteiger partial charge in [-0.25, -0.2) is 0 Å². The lowest BCUT2D eigenvalue weighted by Gasteiger charge is -2.62. The van der Waals surface area contributed by atoms with Gasteiger partial charge in [0.2, 0.25) is 0 Å². The first-order valence-corrected chi connectivity index (χ1v) is 4.84. The largest absolute Gasteiger partial charge is 0.411 e. The van der Waals surface area contributed by atoms with Crippen molar-refractivity contribution in [2.75, 3.05) is 0 Å². The van der Waals surface area contributed by atoms with E-state index in [2.05, 4.69) is 19.0 Å². The summed E-state index contributed by atoms with van der Waals surface area (Å²) >= 11 is 0. The van der Waals surface area contributed by atoms with E-state index in [-0.39, 0.29) is 11.3 Å². The number of hydrogen-bond acceptors (Lipinski definition) is 3. The van der Waals surface area contributed by atoms with Crippen molar-refractivity contribution in [3.05, 3.63) is 0 Å². The molecule has 3 fully saturated rings. The molecule has 0 amide bonds. The second-order valence-electron chi connectivity index (χ2n) is 5.20. The van der Waals surface area contributed by atoms with Gasteiger partial charge in [0.15, 0.2) is 0 Å². The van der Waals surface area contributed by atoms with Crippen molar-refractivity contribution >= 4 is 5.71 Å². The van der Waals surface area contributed by atoms with Crippen LogP contribution in [0.15, 0.2) is 5.16 Å². The Morgan fingerprint density at radius 2 is 2.00 bits per heavy atom. The minimum atomic E-state index is -0.896. The summed E-state index contributed by atoms with van der Waals surface area (Å²) in [6.45, 7) is 6.15. The van der Waals surface area contributed by atoms with Crippen LogP contribution in [0.5, 0.6) is 0 Å². The first-order chi connectivity index (χ1) is 5.90. The quantitative estimate of drug-likeness (QED) is 0.443. The fraction of sp³-hybridized carbons (Fsp3) is 0.900. The van der Waals surface area contributed by atoms with Crippen molar-refractivity contribution in [1.82, 2.24) is 0 Å². The van der Waals surface area contributed by atoms with Crippen molar-refractivity contribution in [3.8, 4) is 0 Å². The van der Waals surface area contributed by atoms with Gasteiger partial charge < -0.3 is 10.3 Å². The van der Waals surface area contributed by atoms with Crippen LogP contribution in [0.1, 0.15) is 33.6 Å². The van der Waals surface area contributed by atoms with Crippen molar-refractivity contribution < 1.29 is 10.3 Å². The van der Waals surface area contributed by atoms with Gasteiger partial charge in [-0.1, -0.05) is 19.0 Å². The monoisotopic (exact) mass is 183 g/mol. The SMILES string of the molecule is CC1(C)[C@@H]2C/C(=N/O)[C@@](C)(O)[C@H]1C2. The van der Waals surface area contributed by atoms with Crippen LogP contribution in [0.4, 0.5) is 0 Å². The summed E-state index contributed by atoms with van der Waals surface area (Å²) in [6, 6.07) is 0. The predicted octanol–water partition coefficient (Wildman–Crippen LogP) is 1.63. The van der Waals surface area contributed by atoms with Gasteiger partial charge in [-0.3, -0.25) is 0 Å². The lowest BCUT2D eigenvalue weighted by atomic mass is 9.44. The molecule has 3 rings (SSSR count). The van der Waals surface area contributed by atoms with Crippen LogP contribution in [0.25, 0.3) is 0 Å². The summed E-state index contributed by atoms with van der Waals surface area (Å²) in [5, 5.41) is 22.2. The molecule has 3 heteroatoms. The Balaban J connectivity index is 2.34. The Labute approximate surface area is 78.4 Å². The zero-order valence-electron chi connectivity index (χ0n) is 8.41. The molecule has 0 aromatic heterocycles. The van der Waals surface area contributed by atoms with Crippen LogP contribution in [0.3, 0.4) is 0 Å². The minimum absolute atomic E-state index is 0.206. The van der Waals surface area contributed by atoms with Gasteiger partial charge in [-0.15, -0.1) is 0 Å². The first-order valence-electron chi connectivity index (χ1n) is 4.84. The number of oxime groups is 1. The lowest BCUT2D eigenvalue weighted by molar-refractivity contribution is -0.135. The molecule has 3 atom stereocenters. The molecule has 13 heavy (non-hydrogen) atoms. The Kier molecular flexibility index (Phi) is 1.57. The highest BCUT2D eigenvalue weighted by Gasteiger charge is 2.61. The van der Waals surface area contributed by atoms with E-state index < -0.39 is 5.60 Å². The third-order valence-electron chi connectivity index (χ3n) is 4.29. The van der Waals surface area contributed by atoms with E-state index >= 15 is 0 Å². The molecule has 3 aliphatic carbocycles. The Morgan fingerprint density at radius 3 is 2.38 bits per heavy atom. The van der Waals surface area contributed by atoms with E-state index in [1.807, 2.05) is 0 Å². The zero-order valence-corrected chi connectivity index (χ0v) is 8.41. The van der Waals surface area contributed by atoms with E-state index in [9.17, 15) is 5.11 Å². The van der Waals surface area contributed by atoms with Gasteiger partial charge in [0.1, 0.15) is 5.60 Å². The molecule has 3 saturated carbocycles. The number of aliphatic hydroxyl groups is 1. The molecule has 0 aromatic carbocycles. The normalized spacial score (nSPS) is 50.3. The number of nitrogens with zero attached hydrogens (tertiary/aromatic N) is 1. The number of rotatable bonds is 0. The van der Waals surface area contributed by atoms with Gasteiger partial charge in [-0.05, 0) is 37.0 Å². The summed E-state index contributed by atoms with van der Waals surface area (Å²) in [5.74, 6) is 0.841. The second-order valence-corrected chi connectivity index (χ2v) is 5.20. The highest BCUT2D eigenvalue weighted by molar-refractivity contribution is 5.94. The molecule has 2 bridgehead atoms. The topological polar surface area (TPSA) is 52.8 Å². The molecular weight excluding hydrogens is 166 g/mol. The van der Waals surface area contributed by atoms with Crippen LogP contribution in [-0.2, 0) is 0 Å². The van der Waals surface area contributed by atoms with Gasteiger partial charge in [-0.2, -0.15) is 0 Å². The van der Waals surface area contributed by atoms with Crippen LogP contribution in [-0.4, -0.2) is 21.6 Å². The average molecular weight is 183 g/mol. The summed E-state index contributed by atoms with van der Waals surface area (Å²) < 4.78 is 0. The highest BCUT2D eigenvalue weighted by Crippen LogP contribution is 2.61. The van der Waals surface area contributed by atoms with Crippen molar-refractivity contribution in [1.29, 1.82) is 0 Å². The molecule has 0 radical (unpaired) electrons. The molecule has 0 unspecified atom stereocenters. The fourth-order valence-corrected chi connectivity index (χ4v) is 3.10. The number of hydrogen-bond donors (Lipinski definition) is 2. The summed E-state index contributed by atoms with van der Waals surface area (Å²) in [4.78, 5) is 0. The maximum absolute atomic E-state index is 10.2. The van der Waals surface area contributed by atoms with E-state index in [1.165, 1.54) is 0 Å². The van der Waals surface area contributed by atoms with Gasteiger partial charge in [0, 0.05) is 0 Å². The van der Waals surface area contributed by atoms with Crippen molar-refractivity contribution in [2.45, 2.75) is 39.2 Å². The number of fused-ring (bicyclic) bond motifs is 2. The van der Waals surface area contributed by atoms with Crippen molar-refractivity contribution in [3.63, 3.8) is 0 Å². The molecule has 3 nitrogen and oxygen atoms in total. The smallest absolute Gasteiger partial charge is 0.106 e. The minimum Gasteiger partial charge on any atom is -0.411 e. The van der Waals surface area contributed by atoms with Crippen LogP contribution >= 0.6 is 0 Å². The third kappa shape index (κ3) is 0.909. The van der Waals surface area contributed by atoms with Crippen LogP contribution in [0, 0.1) is 17.3 Å². The standard InChI is InChI=1S/C10H17NO2/c1-9(2)6-4-7(9)10(3,12)8(5-6)11-13/h6-7,12-13H,4-5H2,1-3H3/b11-8-/t6-,7-,10-/m0/s1. The molecule has 0 heterocycles. The van der Waals surface area contributed by atoms with E-state index in [1.54, 1.807) is 6.92 Å². The summed E-state index contributed by atoms with van der Waals surface area (Å²) in [5.41, 5.74) is -0.127. The summed E-state index contributed by atoms with van der Waals surface area (Å²) in [6.07, 6.45) is 1.81. The molecule has 74 valence electrons. The second kappa shape index (κ2) is 2.27. The van der Waals surface area contributed by atoms with Gasteiger partial charge in [0.05, 0.1) is 5.71 Å². The van der Waals surface area contributed by atoms with Gasteiger partial charge >= 0.3 is 0 Å². The predicted molar refractivity (Wildman–Crippen MR) is 49.8 cm³/mol.